The van der Waals surface area contributed by atoms with Gasteiger partial charge in [0.1, 0.15) is 6.29 Å². The Labute approximate surface area is 230 Å². The molecule has 0 aliphatic carbocycles. The highest BCUT2D eigenvalue weighted by Gasteiger charge is 2.42. The van der Waals surface area contributed by atoms with Crippen molar-refractivity contribution in [3.8, 4) is 0 Å². The first-order chi connectivity index (χ1) is 16.7. The minimum absolute atomic E-state index is 0.0580. The third-order valence-corrected chi connectivity index (χ3v) is 17.7. The van der Waals surface area contributed by atoms with Crippen LogP contribution >= 0.6 is 0 Å². The van der Waals surface area contributed by atoms with E-state index in [2.05, 4.69) is 86.8 Å². The number of nitrogens with zero attached hydrogens (tertiary/aromatic N) is 1. The van der Waals surface area contributed by atoms with Crippen molar-refractivity contribution >= 4 is 28.8 Å². The molecule has 1 rings (SSSR count). The van der Waals surface area contributed by atoms with Crippen molar-refractivity contribution in [2.45, 2.75) is 129 Å². The second kappa shape index (κ2) is 13.2. The Hall–Kier alpha value is -1.29. The molecule has 0 saturated heterocycles. The van der Waals surface area contributed by atoms with Crippen LogP contribution in [-0.4, -0.2) is 52.9 Å². The lowest BCUT2D eigenvalue weighted by atomic mass is 9.97. The zero-order valence-corrected chi connectivity index (χ0v) is 28.0. The molecule has 0 aromatic heterocycles. The molecule has 0 heterocycles. The summed E-state index contributed by atoms with van der Waals surface area (Å²) in [4.78, 5) is 26.7. The van der Waals surface area contributed by atoms with Crippen LogP contribution in [0, 0.1) is 5.92 Å². The molecular formula is C30H55NO4Si2. The van der Waals surface area contributed by atoms with E-state index in [1.807, 2.05) is 37.1 Å². The van der Waals surface area contributed by atoms with Gasteiger partial charge in [0.05, 0.1) is 12.1 Å². The minimum atomic E-state index is -2.09. The van der Waals surface area contributed by atoms with Crippen molar-refractivity contribution in [1.82, 2.24) is 4.90 Å². The molecule has 0 aliphatic rings. The summed E-state index contributed by atoms with van der Waals surface area (Å²) in [6.45, 7) is 26.4. The number of carbonyl (C=O) groups excluding carboxylic acids is 2. The number of benzene rings is 1. The largest absolute Gasteiger partial charge is 0.414 e. The summed E-state index contributed by atoms with van der Waals surface area (Å²) in [7, 11) is -2.23. The molecule has 1 aromatic carbocycles. The number of amides is 1. The first-order valence-corrected chi connectivity index (χ1v) is 19.7. The molecule has 37 heavy (non-hydrogen) atoms. The standard InChI is InChI=1S/C30H55NO4Si2/c1-23(22-26(20-17-21-32)34-36(10,11)29(3,4)5)28(33)31(9)24(2)27(25-18-15-14-16-19-25)35-37(12,13)30(6,7)8/h14-16,18-19,21,23-24,26-27H,17,20,22H2,1-13H3/t23-,24-,26?,27+/m1/s1. The van der Waals surface area contributed by atoms with Crippen molar-refractivity contribution in [2.75, 3.05) is 7.05 Å². The number of likely N-dealkylation sites (N-methyl/N-ethyl adjacent to an activating group) is 1. The Bertz CT molecular complexity index is 859. The fourth-order valence-electron chi connectivity index (χ4n) is 3.90. The Morgan fingerprint density at radius 1 is 0.919 bits per heavy atom. The quantitative estimate of drug-likeness (QED) is 0.185. The van der Waals surface area contributed by atoms with Gasteiger partial charge in [-0.2, -0.15) is 0 Å². The Kier molecular flexibility index (Phi) is 12.0. The van der Waals surface area contributed by atoms with Crippen LogP contribution in [-0.2, 0) is 18.4 Å². The molecule has 1 amide bonds. The second-order valence-corrected chi connectivity index (χ2v) is 23.3. The van der Waals surface area contributed by atoms with E-state index >= 15 is 0 Å². The molecule has 0 aliphatic heterocycles. The van der Waals surface area contributed by atoms with Crippen molar-refractivity contribution in [3.05, 3.63) is 35.9 Å². The molecular weight excluding hydrogens is 495 g/mol. The molecule has 7 heteroatoms. The van der Waals surface area contributed by atoms with Gasteiger partial charge in [0, 0.05) is 25.5 Å². The van der Waals surface area contributed by atoms with E-state index in [1.165, 1.54) is 0 Å². The first-order valence-electron chi connectivity index (χ1n) is 13.9. The Balaban J connectivity index is 3.15. The van der Waals surface area contributed by atoms with Gasteiger partial charge in [0.25, 0.3) is 0 Å². The van der Waals surface area contributed by atoms with Gasteiger partial charge in [0.15, 0.2) is 16.6 Å². The maximum absolute atomic E-state index is 13.7. The molecule has 0 radical (unpaired) electrons. The molecule has 0 bridgehead atoms. The predicted molar refractivity (Wildman–Crippen MR) is 161 cm³/mol. The molecule has 0 fully saturated rings. The fourth-order valence-corrected chi connectivity index (χ4v) is 6.62. The van der Waals surface area contributed by atoms with E-state index in [1.54, 1.807) is 0 Å². The molecule has 0 N–H and O–H groups in total. The summed E-state index contributed by atoms with van der Waals surface area (Å²) in [5, 5.41) is 0.123. The van der Waals surface area contributed by atoms with Crippen LogP contribution in [0.2, 0.25) is 36.3 Å². The van der Waals surface area contributed by atoms with E-state index in [9.17, 15) is 9.59 Å². The summed E-state index contributed by atoms with van der Waals surface area (Å²) in [6.07, 6.45) is 2.33. The van der Waals surface area contributed by atoms with Crippen molar-refractivity contribution in [2.24, 2.45) is 5.92 Å². The predicted octanol–water partition coefficient (Wildman–Crippen LogP) is 7.99. The highest BCUT2D eigenvalue weighted by molar-refractivity contribution is 6.74. The summed E-state index contributed by atoms with van der Waals surface area (Å²) < 4.78 is 13.6. The third kappa shape index (κ3) is 9.45. The Morgan fingerprint density at radius 2 is 1.41 bits per heavy atom. The molecule has 5 nitrogen and oxygen atoms in total. The SMILES string of the molecule is C[C@H](CC(CCC=O)O[Si](C)(C)C(C)(C)C)C(=O)N(C)[C@H](C)[C@H](O[Si](C)(C)C(C)(C)C)c1ccccc1. The highest BCUT2D eigenvalue weighted by Crippen LogP contribution is 2.42. The topological polar surface area (TPSA) is 55.8 Å². The van der Waals surface area contributed by atoms with Crippen LogP contribution < -0.4 is 0 Å². The van der Waals surface area contributed by atoms with Gasteiger partial charge in [-0.25, -0.2) is 0 Å². The molecule has 212 valence electrons. The fraction of sp³-hybridized carbons (Fsp3) is 0.733. The summed E-state index contributed by atoms with van der Waals surface area (Å²) in [6, 6.07) is 10.1. The lowest BCUT2D eigenvalue weighted by molar-refractivity contribution is -0.138. The number of rotatable bonds is 13. The van der Waals surface area contributed by atoms with E-state index in [4.69, 9.17) is 8.85 Å². The molecule has 0 spiro atoms. The van der Waals surface area contributed by atoms with Gasteiger partial charge in [0.2, 0.25) is 5.91 Å². The van der Waals surface area contributed by atoms with E-state index in [0.717, 1.165) is 11.8 Å². The maximum Gasteiger partial charge on any atom is 0.225 e. The van der Waals surface area contributed by atoms with Gasteiger partial charge < -0.3 is 18.5 Å². The minimum Gasteiger partial charge on any atom is -0.414 e. The Morgan fingerprint density at radius 3 is 1.86 bits per heavy atom. The van der Waals surface area contributed by atoms with Crippen molar-refractivity contribution in [1.29, 1.82) is 0 Å². The van der Waals surface area contributed by atoms with Gasteiger partial charge >= 0.3 is 0 Å². The summed E-state index contributed by atoms with van der Waals surface area (Å²) >= 11 is 0. The van der Waals surface area contributed by atoms with Crippen molar-refractivity contribution in [3.63, 3.8) is 0 Å². The lowest BCUT2D eigenvalue weighted by Crippen LogP contribution is -2.49. The smallest absolute Gasteiger partial charge is 0.225 e. The van der Waals surface area contributed by atoms with Crippen LogP contribution in [0.3, 0.4) is 0 Å². The lowest BCUT2D eigenvalue weighted by Gasteiger charge is -2.43. The van der Waals surface area contributed by atoms with Crippen LogP contribution in [0.5, 0.6) is 0 Å². The molecule has 1 unspecified atom stereocenters. The van der Waals surface area contributed by atoms with Crippen LogP contribution in [0.15, 0.2) is 30.3 Å². The molecule has 4 atom stereocenters. The number of hydrogen-bond donors (Lipinski definition) is 0. The molecule has 0 saturated carbocycles. The monoisotopic (exact) mass is 549 g/mol. The van der Waals surface area contributed by atoms with Gasteiger partial charge in [-0.05, 0) is 61.6 Å². The third-order valence-electron chi connectivity index (χ3n) is 8.66. The first kappa shape index (κ1) is 33.7. The summed E-state index contributed by atoms with van der Waals surface area (Å²) in [5.74, 6) is -0.139. The highest BCUT2D eigenvalue weighted by atomic mass is 28.4. The average molecular weight is 550 g/mol. The second-order valence-electron chi connectivity index (χ2n) is 13.8. The van der Waals surface area contributed by atoms with Crippen LogP contribution in [0.4, 0.5) is 0 Å². The zero-order valence-electron chi connectivity index (χ0n) is 26.0. The van der Waals surface area contributed by atoms with Crippen LogP contribution in [0.1, 0.15) is 86.3 Å². The number of carbonyl (C=O) groups is 2. The van der Waals surface area contributed by atoms with Crippen molar-refractivity contribution < 1.29 is 18.4 Å². The van der Waals surface area contributed by atoms with E-state index in [0.29, 0.717) is 19.3 Å². The average Bonchev–Trinajstić information content (AvgIpc) is 2.78. The van der Waals surface area contributed by atoms with E-state index in [-0.39, 0.29) is 40.2 Å². The molecule has 1 aromatic rings. The zero-order chi connectivity index (χ0) is 28.8. The summed E-state index contributed by atoms with van der Waals surface area (Å²) in [5.41, 5.74) is 1.09. The van der Waals surface area contributed by atoms with Gasteiger partial charge in [-0.3, -0.25) is 4.79 Å². The number of aldehydes is 1. The van der Waals surface area contributed by atoms with Gasteiger partial charge in [-0.15, -0.1) is 0 Å². The normalized spacial score (nSPS) is 16.6. The van der Waals surface area contributed by atoms with Gasteiger partial charge in [-0.1, -0.05) is 78.8 Å². The van der Waals surface area contributed by atoms with E-state index < -0.39 is 16.6 Å². The maximum atomic E-state index is 13.7. The number of hydrogen-bond acceptors (Lipinski definition) is 4. The van der Waals surface area contributed by atoms with Crippen LogP contribution in [0.25, 0.3) is 0 Å².